The van der Waals surface area contributed by atoms with Gasteiger partial charge in [0.05, 0.1) is 30.8 Å². The van der Waals surface area contributed by atoms with E-state index in [2.05, 4.69) is 102 Å². The maximum Gasteiger partial charge on any atom is 0.305 e. The van der Waals surface area contributed by atoms with Gasteiger partial charge in [0.15, 0.2) is 25.0 Å². The quantitative estimate of drug-likeness (QED) is 0.246. The van der Waals surface area contributed by atoms with Crippen molar-refractivity contribution in [2.24, 2.45) is 5.73 Å². The minimum atomic E-state index is -2.18. The van der Waals surface area contributed by atoms with Crippen molar-refractivity contribution in [1.29, 1.82) is 0 Å². The van der Waals surface area contributed by atoms with Crippen LogP contribution in [0.15, 0.2) is 0 Å². The molecule has 5 atom stereocenters. The van der Waals surface area contributed by atoms with Crippen molar-refractivity contribution in [3.63, 3.8) is 0 Å². The number of hydrogen-bond donors (Lipinski definition) is 2. The van der Waals surface area contributed by atoms with E-state index in [1.807, 2.05) is 0 Å². The molecule has 1 aliphatic rings. The van der Waals surface area contributed by atoms with Crippen LogP contribution in [0.25, 0.3) is 0 Å². The second-order valence-electron chi connectivity index (χ2n) is 15.9. The molecule has 1 aliphatic heterocycles. The molecule has 7 nitrogen and oxygen atoms in total. The summed E-state index contributed by atoms with van der Waals surface area (Å²) in [6.45, 7) is 34.1. The van der Waals surface area contributed by atoms with E-state index < -0.39 is 43.1 Å². The summed E-state index contributed by atoms with van der Waals surface area (Å²) in [6, 6.07) is -0.667. The molecule has 0 bridgehead atoms. The third-order valence-corrected chi connectivity index (χ3v) is 23.1. The summed E-state index contributed by atoms with van der Waals surface area (Å²) in [5, 5.41) is 9.69. The third-order valence-electron chi connectivity index (χ3n) is 9.59. The van der Waals surface area contributed by atoms with Gasteiger partial charge in [0.25, 0.3) is 0 Å². The Bertz CT molecular complexity index is 783. The second kappa shape index (κ2) is 12.4. The largest absolute Gasteiger partial charge is 0.481 e. The van der Waals surface area contributed by atoms with Gasteiger partial charge in [-0.05, 0) is 60.8 Å². The lowest BCUT2D eigenvalue weighted by atomic mass is 9.92. The Balaban J connectivity index is 3.37. The van der Waals surface area contributed by atoms with Crippen molar-refractivity contribution in [2.45, 2.75) is 166 Å². The minimum absolute atomic E-state index is 0.00190. The van der Waals surface area contributed by atoms with Gasteiger partial charge >= 0.3 is 5.97 Å². The van der Waals surface area contributed by atoms with E-state index in [-0.39, 0.29) is 39.8 Å². The van der Waals surface area contributed by atoms with E-state index in [4.69, 9.17) is 23.7 Å². The minimum Gasteiger partial charge on any atom is -0.481 e. The van der Waals surface area contributed by atoms with E-state index in [0.717, 1.165) is 0 Å². The summed E-state index contributed by atoms with van der Waals surface area (Å²) < 4.78 is 27.1. The number of hydrogen-bond acceptors (Lipinski definition) is 6. The highest BCUT2D eigenvalue weighted by Gasteiger charge is 2.50. The average molecular weight is 592 g/mol. The second-order valence-corrected chi connectivity index (χ2v) is 30.2. The van der Waals surface area contributed by atoms with E-state index >= 15 is 0 Å². The van der Waals surface area contributed by atoms with Crippen LogP contribution in [0, 0.1) is 0 Å². The van der Waals surface area contributed by atoms with Gasteiger partial charge in [-0.2, -0.15) is 0 Å². The van der Waals surface area contributed by atoms with Gasteiger partial charge in [0, 0.05) is 19.1 Å². The Morgan fingerprint density at radius 1 is 0.842 bits per heavy atom. The Kier molecular flexibility index (Phi) is 11.8. The van der Waals surface area contributed by atoms with Gasteiger partial charge < -0.3 is 28.9 Å². The molecular weight excluding hydrogens is 531 g/mol. The normalized spacial score (nSPS) is 25.4. The number of carboxylic acids is 1. The fraction of sp³-hybridized carbons (Fsp3) is 0.964. The molecule has 226 valence electrons. The molecule has 1 rings (SSSR count). The zero-order chi connectivity index (χ0) is 30.1. The van der Waals surface area contributed by atoms with E-state index in [9.17, 15) is 9.90 Å². The van der Waals surface area contributed by atoms with Crippen LogP contribution < -0.4 is 5.73 Å². The zero-order valence-corrected chi connectivity index (χ0v) is 30.3. The van der Waals surface area contributed by atoms with Crippen LogP contribution >= 0.6 is 0 Å². The Morgan fingerprint density at radius 3 is 1.66 bits per heavy atom. The average Bonchev–Trinajstić information content (AvgIpc) is 2.65. The lowest BCUT2D eigenvalue weighted by molar-refractivity contribution is -0.173. The molecule has 0 saturated carbocycles. The molecule has 0 aromatic rings. The summed E-state index contributed by atoms with van der Waals surface area (Å²) in [7, 11) is -6.23. The summed E-state index contributed by atoms with van der Waals surface area (Å²) in [6.07, 6.45) is -0.0884. The van der Waals surface area contributed by atoms with Crippen molar-refractivity contribution in [2.75, 3.05) is 6.61 Å². The first-order chi connectivity index (χ1) is 16.7. The van der Waals surface area contributed by atoms with Crippen LogP contribution in [0.5, 0.6) is 0 Å². The van der Waals surface area contributed by atoms with Gasteiger partial charge in [-0.15, -0.1) is 0 Å². The van der Waals surface area contributed by atoms with E-state index in [1.54, 1.807) is 0 Å². The highest BCUT2D eigenvalue weighted by Crippen LogP contribution is 2.43. The number of carboxylic acid groups (broad SMARTS) is 1. The first kappa shape index (κ1) is 35.9. The van der Waals surface area contributed by atoms with Crippen molar-refractivity contribution in [3.8, 4) is 0 Å². The smallest absolute Gasteiger partial charge is 0.305 e. The fourth-order valence-electron chi connectivity index (χ4n) is 3.84. The topological polar surface area (TPSA) is 100 Å². The molecule has 0 aromatic heterocycles. The van der Waals surface area contributed by atoms with E-state index in [1.165, 1.54) is 0 Å². The summed E-state index contributed by atoms with van der Waals surface area (Å²) in [5.41, 5.74) is 6.50. The molecule has 0 aromatic carbocycles. The maximum atomic E-state index is 11.6. The molecule has 1 fully saturated rings. The van der Waals surface area contributed by atoms with Crippen LogP contribution in [-0.4, -0.2) is 73.1 Å². The predicted molar refractivity (Wildman–Crippen MR) is 165 cm³/mol. The Labute approximate surface area is 237 Å². The van der Waals surface area contributed by atoms with Gasteiger partial charge in [0.1, 0.15) is 0 Å². The number of aliphatic carboxylic acids is 1. The standard InChI is InChI=1S/C28H61NO6Si3/c1-26(2,3)36(10,11)32-17-16-21-22(34-37(12,13)27(4,5)6)19-23(35-38(14,15)28(7,8)9)25(33-21)20(29)18-24(30)31/h20-23,25H,16-19,29H2,1-15H3,(H,30,31)/t20-,21+,22+,23-,25-/m0/s1. The lowest BCUT2D eigenvalue weighted by Gasteiger charge is -2.50. The van der Waals surface area contributed by atoms with Crippen LogP contribution in [0.3, 0.4) is 0 Å². The van der Waals surface area contributed by atoms with Crippen LogP contribution in [0.2, 0.25) is 54.4 Å². The Morgan fingerprint density at radius 2 is 1.26 bits per heavy atom. The summed E-state index contributed by atoms with van der Waals surface area (Å²) in [4.78, 5) is 11.6. The number of ether oxygens (including phenoxy) is 1. The van der Waals surface area contributed by atoms with Crippen molar-refractivity contribution >= 4 is 30.9 Å². The van der Waals surface area contributed by atoms with Gasteiger partial charge in [0.2, 0.25) is 0 Å². The van der Waals surface area contributed by atoms with Crippen LogP contribution in [0.4, 0.5) is 0 Å². The molecule has 3 N–H and O–H groups in total. The zero-order valence-electron chi connectivity index (χ0n) is 27.3. The molecule has 10 heteroatoms. The molecular formula is C28H61NO6Si3. The fourth-order valence-corrected chi connectivity index (χ4v) is 7.60. The first-order valence-corrected chi connectivity index (χ1v) is 23.1. The summed E-state index contributed by atoms with van der Waals surface area (Å²) >= 11 is 0. The van der Waals surface area contributed by atoms with Gasteiger partial charge in [-0.25, -0.2) is 0 Å². The maximum absolute atomic E-state index is 11.6. The predicted octanol–water partition coefficient (Wildman–Crippen LogP) is 7.14. The Hall–Kier alpha value is -0.0794. The van der Waals surface area contributed by atoms with Crippen LogP contribution in [0.1, 0.15) is 81.6 Å². The molecule has 0 amide bonds. The monoisotopic (exact) mass is 591 g/mol. The van der Waals surface area contributed by atoms with E-state index in [0.29, 0.717) is 19.4 Å². The highest BCUT2D eigenvalue weighted by molar-refractivity contribution is 6.75. The van der Waals surface area contributed by atoms with Crippen molar-refractivity contribution < 1.29 is 27.9 Å². The highest BCUT2D eigenvalue weighted by atomic mass is 28.4. The number of rotatable bonds is 11. The van der Waals surface area contributed by atoms with Gasteiger partial charge in [-0.3, -0.25) is 4.79 Å². The molecule has 0 unspecified atom stereocenters. The molecule has 0 radical (unpaired) electrons. The molecule has 1 heterocycles. The van der Waals surface area contributed by atoms with Crippen molar-refractivity contribution in [3.05, 3.63) is 0 Å². The third kappa shape index (κ3) is 9.50. The SMILES string of the molecule is CC(C)(C)[Si](C)(C)OCC[C@H]1O[C@@H]([C@@H](N)CC(=O)O)[C@@H](O[Si](C)(C)C(C)(C)C)C[C@H]1O[Si](C)(C)C(C)(C)C. The molecule has 1 saturated heterocycles. The number of nitrogens with two attached hydrogens (primary N) is 1. The lowest BCUT2D eigenvalue weighted by Crippen LogP contribution is -2.61. The first-order valence-electron chi connectivity index (χ1n) is 14.3. The van der Waals surface area contributed by atoms with Gasteiger partial charge in [-0.1, -0.05) is 62.3 Å². The summed E-state index contributed by atoms with van der Waals surface area (Å²) in [5.74, 6) is -0.926. The van der Waals surface area contributed by atoms with Crippen LogP contribution in [-0.2, 0) is 22.8 Å². The number of carbonyl (C=O) groups is 1. The molecule has 0 spiro atoms. The van der Waals surface area contributed by atoms with Crippen molar-refractivity contribution in [1.82, 2.24) is 0 Å². The molecule has 0 aliphatic carbocycles. The molecule has 38 heavy (non-hydrogen) atoms.